The van der Waals surface area contributed by atoms with E-state index in [2.05, 4.69) is 69.7 Å². The summed E-state index contributed by atoms with van der Waals surface area (Å²) in [5.74, 6) is 1.61. The maximum Gasteiger partial charge on any atom is 0.135 e. The number of aryl methyl sites for hydroxylation is 1. The molecule has 18 heavy (non-hydrogen) atoms. The number of hydrogen-bond donors (Lipinski definition) is 1. The van der Waals surface area contributed by atoms with E-state index in [-0.39, 0.29) is 0 Å². The Balaban J connectivity index is 2.33. The van der Waals surface area contributed by atoms with Crippen LogP contribution in [-0.2, 0) is 6.42 Å². The van der Waals surface area contributed by atoms with Gasteiger partial charge in [-0.15, -0.1) is 0 Å². The van der Waals surface area contributed by atoms with E-state index in [1.54, 1.807) is 0 Å². The Morgan fingerprint density at radius 2 is 2.00 bits per heavy atom. The Morgan fingerprint density at radius 1 is 1.22 bits per heavy atom. The van der Waals surface area contributed by atoms with Crippen molar-refractivity contribution in [3.05, 3.63) is 42.7 Å². The first kappa shape index (κ1) is 14.2. The summed E-state index contributed by atoms with van der Waals surface area (Å²) < 4.78 is 2.97. The van der Waals surface area contributed by atoms with E-state index < -0.39 is 0 Å². The molecule has 1 N–H and O–H groups in total. The molecule has 3 nitrogen and oxygen atoms in total. The van der Waals surface area contributed by atoms with Crippen molar-refractivity contribution in [1.29, 1.82) is 0 Å². The van der Waals surface area contributed by atoms with Gasteiger partial charge >= 0.3 is 0 Å². The summed E-state index contributed by atoms with van der Waals surface area (Å²) in [5, 5.41) is 3.31. The van der Waals surface area contributed by atoms with E-state index in [0.717, 1.165) is 36.4 Å². The fourth-order valence-corrected chi connectivity index (χ4v) is 2.67. The van der Waals surface area contributed by atoms with Crippen LogP contribution in [0.3, 0.4) is 0 Å². The van der Waals surface area contributed by atoms with Crippen LogP contribution in [0.15, 0.2) is 33.3 Å². The lowest BCUT2D eigenvalue weighted by Gasteiger charge is -2.09. The maximum atomic E-state index is 4.45. The van der Waals surface area contributed by atoms with Gasteiger partial charge in [0.25, 0.3) is 0 Å². The normalized spacial score (nSPS) is 10.4. The third-order valence-electron chi connectivity index (χ3n) is 2.25. The van der Waals surface area contributed by atoms with E-state index in [9.17, 15) is 0 Å². The lowest BCUT2D eigenvalue weighted by molar-refractivity contribution is 0.931. The second-order valence-electron chi connectivity index (χ2n) is 3.59. The maximum absolute atomic E-state index is 4.45. The molecule has 0 saturated carbocycles. The predicted molar refractivity (Wildman–Crippen MR) is 89.3 cm³/mol. The number of hydrogen-bond acceptors (Lipinski definition) is 3. The fraction of sp³-hybridized carbons (Fsp3) is 0.167. The fourth-order valence-electron chi connectivity index (χ4n) is 1.42. The van der Waals surface area contributed by atoms with Gasteiger partial charge in [0.15, 0.2) is 0 Å². The van der Waals surface area contributed by atoms with Crippen molar-refractivity contribution in [2.75, 3.05) is 5.32 Å². The van der Waals surface area contributed by atoms with Crippen molar-refractivity contribution in [2.45, 2.75) is 13.3 Å². The van der Waals surface area contributed by atoms with E-state index in [1.165, 1.54) is 0 Å². The summed E-state index contributed by atoms with van der Waals surface area (Å²) in [7, 11) is 0. The first-order valence-electron chi connectivity index (χ1n) is 5.34. The SMILES string of the molecule is CCc1nc(Br)cc(Nc2cc(Br)ccc2I)n1. The molecule has 0 atom stereocenters. The van der Waals surface area contributed by atoms with Gasteiger partial charge in [0, 0.05) is 20.5 Å². The lowest BCUT2D eigenvalue weighted by atomic mass is 10.3. The van der Waals surface area contributed by atoms with Gasteiger partial charge in [0.1, 0.15) is 16.2 Å². The van der Waals surface area contributed by atoms with Gasteiger partial charge in [-0.25, -0.2) is 9.97 Å². The summed E-state index contributed by atoms with van der Waals surface area (Å²) in [6.45, 7) is 2.04. The molecular formula is C12H10Br2IN3. The minimum atomic E-state index is 0.793. The first-order chi connectivity index (χ1) is 8.58. The van der Waals surface area contributed by atoms with Gasteiger partial charge in [-0.1, -0.05) is 22.9 Å². The topological polar surface area (TPSA) is 37.8 Å². The highest BCUT2D eigenvalue weighted by Gasteiger charge is 2.05. The standard InChI is InChI=1S/C12H10Br2IN3/c1-2-11-17-10(14)6-12(18-11)16-9-5-7(13)3-4-8(9)15/h3-6H,2H2,1H3,(H,16,17,18). The molecule has 0 radical (unpaired) electrons. The van der Waals surface area contributed by atoms with E-state index in [4.69, 9.17) is 0 Å². The number of nitrogens with zero attached hydrogens (tertiary/aromatic N) is 2. The summed E-state index contributed by atoms with van der Waals surface area (Å²) in [4.78, 5) is 8.74. The quantitative estimate of drug-likeness (QED) is 0.499. The number of aromatic nitrogens is 2. The Kier molecular flexibility index (Phi) is 4.97. The molecule has 94 valence electrons. The Hall–Kier alpha value is -0.210. The summed E-state index contributed by atoms with van der Waals surface area (Å²) >= 11 is 9.16. The van der Waals surface area contributed by atoms with Crippen LogP contribution >= 0.6 is 54.5 Å². The minimum absolute atomic E-state index is 0.793. The van der Waals surface area contributed by atoms with E-state index >= 15 is 0 Å². The molecule has 0 aliphatic heterocycles. The van der Waals surface area contributed by atoms with Crippen LogP contribution in [-0.4, -0.2) is 9.97 Å². The highest BCUT2D eigenvalue weighted by atomic mass is 127. The summed E-state index contributed by atoms with van der Waals surface area (Å²) in [6, 6.07) is 7.96. The second-order valence-corrected chi connectivity index (χ2v) is 6.49. The Morgan fingerprint density at radius 3 is 2.72 bits per heavy atom. The monoisotopic (exact) mass is 481 g/mol. The number of rotatable bonds is 3. The average molecular weight is 483 g/mol. The molecule has 6 heteroatoms. The molecule has 0 fully saturated rings. The van der Waals surface area contributed by atoms with E-state index in [1.807, 2.05) is 31.2 Å². The van der Waals surface area contributed by atoms with Crippen molar-refractivity contribution >= 4 is 66.0 Å². The molecule has 0 aliphatic rings. The molecular weight excluding hydrogens is 473 g/mol. The number of halogens is 3. The third-order valence-corrected chi connectivity index (χ3v) is 4.09. The number of nitrogens with one attached hydrogen (secondary N) is 1. The first-order valence-corrected chi connectivity index (χ1v) is 8.00. The van der Waals surface area contributed by atoms with Gasteiger partial charge in [-0.3, -0.25) is 0 Å². The molecule has 0 amide bonds. The summed E-state index contributed by atoms with van der Waals surface area (Å²) in [6.07, 6.45) is 0.809. The zero-order chi connectivity index (χ0) is 13.1. The molecule has 0 saturated heterocycles. The zero-order valence-corrected chi connectivity index (χ0v) is 14.9. The molecule has 0 spiro atoms. The Bertz CT molecular complexity index is 575. The van der Waals surface area contributed by atoms with Gasteiger partial charge in [-0.05, 0) is 56.7 Å². The molecule has 0 aliphatic carbocycles. The number of benzene rings is 1. The lowest BCUT2D eigenvalue weighted by Crippen LogP contribution is -2.00. The van der Waals surface area contributed by atoms with Crippen LogP contribution in [0.5, 0.6) is 0 Å². The largest absolute Gasteiger partial charge is 0.339 e. The average Bonchev–Trinajstić information content (AvgIpc) is 2.33. The highest BCUT2D eigenvalue weighted by Crippen LogP contribution is 2.26. The van der Waals surface area contributed by atoms with Crippen molar-refractivity contribution in [3.8, 4) is 0 Å². The molecule has 1 aromatic heterocycles. The minimum Gasteiger partial charge on any atom is -0.339 e. The molecule has 0 unspecified atom stereocenters. The van der Waals surface area contributed by atoms with Crippen LogP contribution < -0.4 is 5.32 Å². The highest BCUT2D eigenvalue weighted by molar-refractivity contribution is 14.1. The van der Waals surface area contributed by atoms with E-state index in [0.29, 0.717) is 0 Å². The smallest absolute Gasteiger partial charge is 0.135 e. The van der Waals surface area contributed by atoms with Crippen molar-refractivity contribution in [2.24, 2.45) is 0 Å². The van der Waals surface area contributed by atoms with Crippen LogP contribution in [0, 0.1) is 3.57 Å². The van der Waals surface area contributed by atoms with Crippen LogP contribution in [0.4, 0.5) is 11.5 Å². The second kappa shape index (κ2) is 6.29. The van der Waals surface area contributed by atoms with Crippen molar-refractivity contribution in [1.82, 2.24) is 9.97 Å². The van der Waals surface area contributed by atoms with Crippen molar-refractivity contribution in [3.63, 3.8) is 0 Å². The molecule has 1 aromatic carbocycles. The van der Waals surface area contributed by atoms with Gasteiger partial charge in [0.05, 0.1) is 5.69 Å². The number of anilines is 2. The molecule has 1 heterocycles. The van der Waals surface area contributed by atoms with Gasteiger partial charge in [0.2, 0.25) is 0 Å². The van der Waals surface area contributed by atoms with Crippen LogP contribution in [0.2, 0.25) is 0 Å². The molecule has 2 aromatic rings. The molecule has 0 bridgehead atoms. The van der Waals surface area contributed by atoms with Crippen LogP contribution in [0.25, 0.3) is 0 Å². The predicted octanol–water partition coefficient (Wildman–Crippen LogP) is 4.91. The third kappa shape index (κ3) is 3.64. The van der Waals surface area contributed by atoms with Gasteiger partial charge < -0.3 is 5.32 Å². The van der Waals surface area contributed by atoms with Crippen molar-refractivity contribution < 1.29 is 0 Å². The summed E-state index contributed by atoms with van der Waals surface area (Å²) in [5.41, 5.74) is 1.03. The Labute approximate surface area is 136 Å². The molecule has 2 rings (SSSR count). The van der Waals surface area contributed by atoms with Gasteiger partial charge in [-0.2, -0.15) is 0 Å². The van der Waals surface area contributed by atoms with Crippen LogP contribution in [0.1, 0.15) is 12.7 Å². The zero-order valence-electron chi connectivity index (χ0n) is 9.54.